The number of alkyl halides is 12. The number of aromatic carboxylic acids is 3. The van der Waals surface area contributed by atoms with Crippen LogP contribution in [0.25, 0.3) is 22.5 Å². The summed E-state index contributed by atoms with van der Waals surface area (Å²) in [7, 11) is 0. The predicted octanol–water partition coefficient (Wildman–Crippen LogP) is 7.91. The number of carboxylic acids is 3. The van der Waals surface area contributed by atoms with Crippen molar-refractivity contribution in [2.45, 2.75) is 24.7 Å². The van der Waals surface area contributed by atoms with Crippen LogP contribution in [0.5, 0.6) is 0 Å². The maximum absolute atomic E-state index is 12.4. The third-order valence-corrected chi connectivity index (χ3v) is 7.82. The van der Waals surface area contributed by atoms with Gasteiger partial charge in [0, 0.05) is 42.1 Å². The Labute approximate surface area is 389 Å². The fourth-order valence-electron chi connectivity index (χ4n) is 4.58. The molecule has 0 aliphatic carbocycles. The molecule has 0 N–H and O–H groups in total. The molecule has 0 spiro atoms. The Morgan fingerprint density at radius 2 is 0.588 bits per heavy atom. The fraction of sp³-hybridized carbons (Fsp3) is 0.0909. The van der Waals surface area contributed by atoms with Crippen molar-refractivity contribution in [1.29, 1.82) is 0 Å². The molecule has 7 rings (SSSR count). The van der Waals surface area contributed by atoms with Gasteiger partial charge in [-0.05, 0) is 84.9 Å². The summed E-state index contributed by atoms with van der Waals surface area (Å²) in [5.41, 5.74) is -2.59. The molecule has 0 saturated heterocycles. The number of carbonyl (C=O) groups excluding carboxylic acids is 3. The molecule has 5 aromatic heterocycles. The van der Waals surface area contributed by atoms with Crippen LogP contribution in [-0.2, 0) is 44.8 Å². The molecule has 24 heteroatoms. The first-order chi connectivity index (χ1) is 31.3. The van der Waals surface area contributed by atoms with E-state index in [0.717, 1.165) is 48.5 Å². The zero-order valence-electron chi connectivity index (χ0n) is 33.6. The summed E-state index contributed by atoms with van der Waals surface area (Å²) in [6, 6.07) is 25.9. The van der Waals surface area contributed by atoms with Crippen molar-refractivity contribution < 1.29 is 102 Å². The van der Waals surface area contributed by atoms with Gasteiger partial charge in [0.05, 0.1) is 68.6 Å². The number of rotatable bonds is 5. The monoisotopic (exact) mass is 1140 g/mol. The molecule has 68 heavy (non-hydrogen) atoms. The minimum atomic E-state index is -4.49. The molecule has 0 atom stereocenters. The van der Waals surface area contributed by atoms with Gasteiger partial charge in [-0.3, -0.25) is 24.9 Å². The molecule has 0 unspecified atom stereocenters. The van der Waals surface area contributed by atoms with Crippen molar-refractivity contribution in [3.05, 3.63) is 198 Å². The third kappa shape index (κ3) is 19.1. The molecule has 7 aromatic rings. The van der Waals surface area contributed by atoms with Gasteiger partial charge < -0.3 is 29.7 Å². The van der Waals surface area contributed by atoms with E-state index in [-0.39, 0.29) is 48.6 Å². The Kier molecular flexibility index (Phi) is 21.1. The Bertz CT molecular complexity index is 2290. The number of carbonyl (C=O) groups is 3. The van der Waals surface area contributed by atoms with Crippen LogP contribution in [-0.4, -0.2) is 42.8 Å². The van der Waals surface area contributed by atoms with Crippen LogP contribution < -0.4 is 15.3 Å². The van der Waals surface area contributed by atoms with E-state index < -0.39 is 64.9 Å². The molecule has 0 radical (unpaired) electrons. The molecule has 0 bridgehead atoms. The smallest absolute Gasteiger partial charge is 0.543 e. The minimum absolute atomic E-state index is 0. The van der Waals surface area contributed by atoms with E-state index in [2.05, 4.69) is 24.9 Å². The van der Waals surface area contributed by atoms with Crippen molar-refractivity contribution in [2.75, 3.05) is 0 Å². The molecule has 0 amide bonds. The first-order valence-corrected chi connectivity index (χ1v) is 18.1. The van der Waals surface area contributed by atoms with E-state index in [1.54, 1.807) is 36.4 Å². The maximum atomic E-state index is 12.4. The zero-order chi connectivity index (χ0) is 50.0. The van der Waals surface area contributed by atoms with Crippen molar-refractivity contribution in [2.24, 2.45) is 0 Å². The summed E-state index contributed by atoms with van der Waals surface area (Å²) in [6.07, 6.45) is -12.4. The van der Waals surface area contributed by atoms with Gasteiger partial charge in [0.2, 0.25) is 0 Å². The van der Waals surface area contributed by atoms with Crippen LogP contribution in [0.1, 0.15) is 53.7 Å². The van der Waals surface area contributed by atoms with Crippen LogP contribution in [0.2, 0.25) is 0 Å². The van der Waals surface area contributed by atoms with Crippen LogP contribution >= 0.6 is 0 Å². The molecule has 11 nitrogen and oxygen atoms in total. The molecule has 0 fully saturated rings. The first kappa shape index (κ1) is 56.5. The molecule has 356 valence electrons. The van der Waals surface area contributed by atoms with E-state index in [4.69, 9.17) is 0 Å². The number of aromatic nitrogens is 5. The van der Waals surface area contributed by atoms with Crippen molar-refractivity contribution >= 4 is 17.9 Å². The standard InChI is InChI=1S/2C13H7F6N.3C6H5NO2.Ir/c2*14-12(15,16)9-3-1-8(2-4-9)11-6-5-10(7-20-11)13(17,18)19;3*8-6(9)5-3-1-2-4-7-5;/h2*1-7H;3*1-4H,(H,8,9);/q;;;;;+3/p-3. The second kappa shape index (κ2) is 25.4. The summed E-state index contributed by atoms with van der Waals surface area (Å²) in [5.74, 6) is -3.72. The number of hydrogen-bond acceptors (Lipinski definition) is 11. The van der Waals surface area contributed by atoms with Crippen molar-refractivity contribution in [3.63, 3.8) is 0 Å². The summed E-state index contributed by atoms with van der Waals surface area (Å²) < 4.78 is 148. The van der Waals surface area contributed by atoms with Crippen LogP contribution in [0.15, 0.2) is 158 Å². The minimum Gasteiger partial charge on any atom is -0.543 e. The number of halogens is 12. The van der Waals surface area contributed by atoms with Gasteiger partial charge in [-0.2, -0.15) is 52.7 Å². The molecule has 0 aliphatic heterocycles. The summed E-state index contributed by atoms with van der Waals surface area (Å²) >= 11 is 0. The third-order valence-electron chi connectivity index (χ3n) is 7.82. The van der Waals surface area contributed by atoms with Gasteiger partial charge in [0.15, 0.2) is 0 Å². The topological polar surface area (TPSA) is 185 Å². The Morgan fingerprint density at radius 3 is 0.750 bits per heavy atom. The van der Waals surface area contributed by atoms with Gasteiger partial charge in [-0.25, -0.2) is 0 Å². The van der Waals surface area contributed by atoms with E-state index in [0.29, 0.717) is 23.5 Å². The first-order valence-electron chi connectivity index (χ1n) is 18.1. The van der Waals surface area contributed by atoms with Gasteiger partial charge >= 0.3 is 44.8 Å². The van der Waals surface area contributed by atoms with Crippen LogP contribution in [0.4, 0.5) is 52.7 Å². The average Bonchev–Trinajstić information content (AvgIpc) is 3.30. The second-order valence-corrected chi connectivity index (χ2v) is 12.5. The van der Waals surface area contributed by atoms with Gasteiger partial charge in [-0.1, -0.05) is 42.5 Å². The number of carboxylic acid groups (broad SMARTS) is 3. The zero-order valence-corrected chi connectivity index (χ0v) is 36.0. The van der Waals surface area contributed by atoms with Gasteiger partial charge in [-0.15, -0.1) is 0 Å². The van der Waals surface area contributed by atoms with E-state index in [1.807, 2.05) is 0 Å². The number of benzene rings is 2. The van der Waals surface area contributed by atoms with Crippen LogP contribution in [0, 0.1) is 0 Å². The molecule has 0 saturated carbocycles. The fourth-order valence-corrected chi connectivity index (χ4v) is 4.58. The van der Waals surface area contributed by atoms with Gasteiger partial charge in [0.25, 0.3) is 0 Å². The quantitative estimate of drug-likeness (QED) is 0.153. The molecular formula is C44H26F12IrN5O6. The Morgan fingerprint density at radius 1 is 0.338 bits per heavy atom. The summed E-state index contributed by atoms with van der Waals surface area (Å²) in [6.45, 7) is 0. The predicted molar refractivity (Wildman–Crippen MR) is 205 cm³/mol. The average molecular weight is 1140 g/mol. The van der Waals surface area contributed by atoms with Crippen molar-refractivity contribution in [3.8, 4) is 22.5 Å². The summed E-state index contributed by atoms with van der Waals surface area (Å²) in [5, 5.41) is 30.1. The number of hydrogen-bond donors (Lipinski definition) is 0. The number of nitrogens with zero attached hydrogens (tertiary/aromatic N) is 5. The van der Waals surface area contributed by atoms with E-state index >= 15 is 0 Å². The maximum Gasteiger partial charge on any atom is 3.00 e. The Balaban J connectivity index is 0.000000307. The van der Waals surface area contributed by atoms with E-state index in [9.17, 15) is 82.4 Å². The molecule has 2 aromatic carbocycles. The number of pyridine rings is 5. The summed E-state index contributed by atoms with van der Waals surface area (Å²) in [4.78, 5) is 47.8. The van der Waals surface area contributed by atoms with Crippen LogP contribution in [0.3, 0.4) is 0 Å². The second-order valence-electron chi connectivity index (χ2n) is 12.5. The molecule has 0 aliphatic rings. The largest absolute Gasteiger partial charge is 3.00 e. The Hall–Kier alpha value is -7.59. The van der Waals surface area contributed by atoms with E-state index in [1.165, 1.54) is 61.1 Å². The van der Waals surface area contributed by atoms with Crippen molar-refractivity contribution in [1.82, 2.24) is 24.9 Å². The van der Waals surface area contributed by atoms with Gasteiger partial charge in [0.1, 0.15) is 0 Å². The molecule has 5 heterocycles. The SMILES string of the molecule is FC(F)(F)c1ccc(-c2ccc(C(F)(F)F)cn2)cc1.FC(F)(F)c1ccc(-c2ccc(C(F)(F)F)cn2)cc1.O=C([O-])c1ccccn1.O=C([O-])c1ccccn1.O=C([O-])c1ccccn1.[Ir+3]. The normalized spacial score (nSPS) is 10.9. The molecular weight excluding hydrogens is 1110 g/mol.